The number of allylic oxidation sites excluding steroid dienone is 1. The molecule has 4 heterocycles. The molecule has 0 amide bonds. The van der Waals surface area contributed by atoms with Gasteiger partial charge in [-0.25, -0.2) is 15.0 Å². The van der Waals surface area contributed by atoms with Crippen LogP contribution in [0.15, 0.2) is 259 Å². The Morgan fingerprint density at radius 2 is 1.02 bits per heavy atom. The van der Waals surface area contributed by atoms with Crippen LogP contribution in [0.2, 0.25) is 0 Å². The fraction of sp³-hybridized carbons (Fsp3) is 0.0267. The largest absolute Gasteiger partial charge is 0.455 e. The van der Waals surface area contributed by atoms with E-state index in [1.165, 1.54) is 42.6 Å². The van der Waals surface area contributed by atoms with Gasteiger partial charge in [0.25, 0.3) is 0 Å². The zero-order valence-corrected chi connectivity index (χ0v) is 44.6. The number of hydrogen-bond acceptors (Lipinski definition) is 5. The van der Waals surface area contributed by atoms with Gasteiger partial charge in [0.05, 0.1) is 16.8 Å². The molecule has 6 heteroatoms. The number of fused-ring (bicyclic) bond motifs is 9. The van der Waals surface area contributed by atoms with Crippen LogP contribution >= 0.6 is 11.3 Å². The third-order valence-electron chi connectivity index (χ3n) is 16.0. The molecule has 0 fully saturated rings. The van der Waals surface area contributed by atoms with E-state index in [1.54, 1.807) is 11.3 Å². The van der Waals surface area contributed by atoms with Gasteiger partial charge < -0.3 is 8.98 Å². The zero-order valence-electron chi connectivity index (χ0n) is 43.8. The number of para-hydroxylation sites is 2. The summed E-state index contributed by atoms with van der Waals surface area (Å²) in [7, 11) is 0. The molecule has 0 unspecified atom stereocenters. The molecule has 81 heavy (non-hydrogen) atoms. The number of benzene rings is 10. The smallest absolute Gasteiger partial charge is 0.164 e. The lowest BCUT2D eigenvalue weighted by Gasteiger charge is -2.18. The molecule has 0 saturated carbocycles. The highest BCUT2D eigenvalue weighted by atomic mass is 32.1. The second-order valence-corrected chi connectivity index (χ2v) is 21.9. The molecule has 2 aliphatic rings. The van der Waals surface area contributed by atoms with Crippen molar-refractivity contribution >= 4 is 71.1 Å². The summed E-state index contributed by atoms with van der Waals surface area (Å²) in [6.07, 6.45) is 8.53. The van der Waals surface area contributed by atoms with E-state index < -0.39 is 0 Å². The predicted molar refractivity (Wildman–Crippen MR) is 335 cm³/mol. The fourth-order valence-corrected chi connectivity index (χ4v) is 13.3. The summed E-state index contributed by atoms with van der Waals surface area (Å²) in [6, 6.07) is 84.2. The first-order valence-corrected chi connectivity index (χ1v) is 28.3. The number of aromatic nitrogens is 4. The minimum atomic E-state index is 0.615. The summed E-state index contributed by atoms with van der Waals surface area (Å²) in [4.78, 5) is 15.9. The summed E-state index contributed by atoms with van der Waals surface area (Å²) in [5.74, 6) is 2.69. The molecule has 10 aromatic carbocycles. The van der Waals surface area contributed by atoms with Crippen LogP contribution in [0, 0.1) is 0 Å². The molecule has 378 valence electrons. The van der Waals surface area contributed by atoms with E-state index in [9.17, 15) is 0 Å². The van der Waals surface area contributed by atoms with E-state index in [-0.39, 0.29) is 0 Å². The highest BCUT2D eigenvalue weighted by Crippen LogP contribution is 2.45. The lowest BCUT2D eigenvalue weighted by atomic mass is 9.93. The molecule has 2 aliphatic carbocycles. The topological polar surface area (TPSA) is 56.7 Å². The second kappa shape index (κ2) is 19.2. The fourth-order valence-electron chi connectivity index (χ4n) is 12.1. The van der Waals surface area contributed by atoms with Gasteiger partial charge in [-0.1, -0.05) is 193 Å². The van der Waals surface area contributed by atoms with Crippen molar-refractivity contribution in [1.29, 1.82) is 0 Å². The van der Waals surface area contributed by atoms with Crippen molar-refractivity contribution in [3.05, 3.63) is 282 Å². The van der Waals surface area contributed by atoms with E-state index in [1.807, 2.05) is 36.4 Å². The van der Waals surface area contributed by atoms with Gasteiger partial charge in [-0.3, -0.25) is 0 Å². The Morgan fingerprint density at radius 1 is 0.432 bits per heavy atom. The van der Waals surface area contributed by atoms with Crippen molar-refractivity contribution in [3.63, 3.8) is 0 Å². The van der Waals surface area contributed by atoms with Crippen LogP contribution in [0.5, 0.6) is 0 Å². The van der Waals surface area contributed by atoms with Crippen LogP contribution in [0.3, 0.4) is 0 Å². The Labute approximate surface area is 471 Å². The first kappa shape index (κ1) is 46.6. The number of nitrogens with zero attached hydrogens (tertiary/aromatic N) is 4. The number of thiophene rings is 1. The van der Waals surface area contributed by atoms with Gasteiger partial charge in [-0.05, 0) is 124 Å². The molecule has 0 spiro atoms. The third-order valence-corrected chi connectivity index (χ3v) is 17.1. The molecular weight excluding hydrogens is 1000 g/mol. The molecule has 16 rings (SSSR count). The highest BCUT2D eigenvalue weighted by molar-refractivity contribution is 7.26. The Bertz CT molecular complexity index is 4950. The van der Waals surface area contributed by atoms with Crippen LogP contribution < -0.4 is 0 Å². The molecular formula is C75H46N4OS. The van der Waals surface area contributed by atoms with E-state index in [0.29, 0.717) is 17.5 Å². The first-order valence-electron chi connectivity index (χ1n) is 27.5. The van der Waals surface area contributed by atoms with Crippen molar-refractivity contribution < 1.29 is 4.42 Å². The molecule has 0 bridgehead atoms. The van der Waals surface area contributed by atoms with Crippen molar-refractivity contribution in [2.75, 3.05) is 0 Å². The normalized spacial score (nSPS) is 12.6. The maximum absolute atomic E-state index is 6.57. The molecule has 0 saturated heterocycles. The van der Waals surface area contributed by atoms with Gasteiger partial charge in [-0.2, -0.15) is 0 Å². The van der Waals surface area contributed by atoms with Crippen LogP contribution in [-0.4, -0.2) is 19.5 Å². The molecule has 0 aliphatic heterocycles. The number of hydrogen-bond donors (Lipinski definition) is 0. The first-order chi connectivity index (χ1) is 40.1. The van der Waals surface area contributed by atoms with Crippen LogP contribution in [0.4, 0.5) is 0 Å². The summed E-state index contributed by atoms with van der Waals surface area (Å²) >= 11 is 1.80. The maximum atomic E-state index is 6.57. The number of furan rings is 1. The second-order valence-electron chi connectivity index (χ2n) is 20.8. The Morgan fingerprint density at radius 3 is 1.81 bits per heavy atom. The lowest BCUT2D eigenvalue weighted by Crippen LogP contribution is -2.06. The Hall–Kier alpha value is -10.5. The maximum Gasteiger partial charge on any atom is 0.164 e. The van der Waals surface area contributed by atoms with Crippen molar-refractivity contribution in [2.24, 2.45) is 0 Å². The van der Waals surface area contributed by atoms with E-state index in [4.69, 9.17) is 19.4 Å². The van der Waals surface area contributed by atoms with E-state index in [2.05, 4.69) is 234 Å². The zero-order chi connectivity index (χ0) is 53.4. The van der Waals surface area contributed by atoms with Crippen molar-refractivity contribution in [2.45, 2.75) is 12.8 Å². The predicted octanol–water partition coefficient (Wildman–Crippen LogP) is 19.8. The van der Waals surface area contributed by atoms with Gasteiger partial charge in [0.2, 0.25) is 0 Å². The minimum Gasteiger partial charge on any atom is -0.455 e. The molecule has 14 aromatic rings. The van der Waals surface area contributed by atoms with Gasteiger partial charge >= 0.3 is 0 Å². The molecule has 0 N–H and O–H groups in total. The van der Waals surface area contributed by atoms with E-state index >= 15 is 0 Å². The summed E-state index contributed by atoms with van der Waals surface area (Å²) in [6.45, 7) is 0. The lowest BCUT2D eigenvalue weighted by molar-refractivity contribution is 0.599. The van der Waals surface area contributed by atoms with Crippen molar-refractivity contribution in [1.82, 2.24) is 19.5 Å². The minimum absolute atomic E-state index is 0.615. The summed E-state index contributed by atoms with van der Waals surface area (Å²) in [5, 5.41) is 4.60. The van der Waals surface area contributed by atoms with Gasteiger partial charge in [0.15, 0.2) is 23.2 Å². The highest BCUT2D eigenvalue weighted by Gasteiger charge is 2.26. The molecule has 5 nitrogen and oxygen atoms in total. The third kappa shape index (κ3) is 8.05. The van der Waals surface area contributed by atoms with Crippen LogP contribution in [0.25, 0.3) is 144 Å². The van der Waals surface area contributed by atoms with Gasteiger partial charge in [0, 0.05) is 76.1 Å². The quantitative estimate of drug-likeness (QED) is 0.135. The van der Waals surface area contributed by atoms with Crippen LogP contribution in [-0.2, 0) is 6.42 Å². The van der Waals surface area contributed by atoms with E-state index in [0.717, 1.165) is 113 Å². The Kier molecular flexibility index (Phi) is 11.0. The molecule has 0 radical (unpaired) electrons. The summed E-state index contributed by atoms with van der Waals surface area (Å²) < 4.78 is 11.4. The Balaban J connectivity index is 0.812. The van der Waals surface area contributed by atoms with Crippen molar-refractivity contribution in [3.8, 4) is 84.4 Å². The summed E-state index contributed by atoms with van der Waals surface area (Å²) in [5.41, 5.74) is 27.4. The monoisotopic (exact) mass is 1050 g/mol. The SMILES string of the molecule is C1=C=C(c2ccccc2-n2c3c(c4cc(-c5ccc6sc7cccc(-c8nc(-c9ccccc9)nc(-c9cccc(-c%10cc(-c%11ccccc%11)cc(-c%11ccccc%11)c%10)c9)n8)c7c6c5)ccc42)C=CCC3)c2oc3ccccc3c2C=1. The average molecular weight is 1050 g/mol. The number of rotatable bonds is 9. The standard InChI is InChI=1S/C75H46N4OS/c1-4-19-47(20-5-1)54-42-55(48-21-6-2-7-22-48)44-56(43-54)50-25-16-26-53(41-50)74-76-73(49-23-8-3-9-24-49)77-75(78-74)62-32-18-36-70-71(62)64-46-52(38-40-69(64)81-70)51-37-39-67-63(45-51)58-28-11-14-34-66(58)79(67)65-33-13-10-27-57(65)60-30-17-31-61-59-29-12-15-35-68(59)80-72(60)61/h1-13,15-16,18-29,31-33,35-46H,14,34H2. The average Bonchev–Trinajstić information content (AvgIpc) is 4.29. The van der Waals surface area contributed by atoms with Gasteiger partial charge in [-0.15, -0.1) is 11.3 Å². The van der Waals surface area contributed by atoms with Crippen LogP contribution in [0.1, 0.15) is 34.6 Å². The van der Waals surface area contributed by atoms with Gasteiger partial charge in [0.1, 0.15) is 5.58 Å². The molecule has 0 atom stereocenters. The molecule has 4 aromatic heterocycles.